The monoisotopic (exact) mass is 550 g/mol. The fourth-order valence-corrected chi connectivity index (χ4v) is 6.14. The van der Waals surface area contributed by atoms with E-state index >= 15 is 0 Å². The summed E-state index contributed by atoms with van der Waals surface area (Å²) in [7, 11) is -0.677. The van der Waals surface area contributed by atoms with Crippen LogP contribution in [0.5, 0.6) is 11.5 Å². The summed E-state index contributed by atoms with van der Waals surface area (Å²) < 4.78 is 26.6. The van der Waals surface area contributed by atoms with Crippen LogP contribution in [-0.2, 0) is 9.92 Å². The molecule has 1 atom stereocenters. The molecule has 3 aromatic heterocycles. The molecule has 6 rings (SSSR count). The summed E-state index contributed by atoms with van der Waals surface area (Å²) >= 11 is 6.76. The Morgan fingerprint density at radius 3 is 2.71 bits per heavy atom. The van der Waals surface area contributed by atoms with Crippen molar-refractivity contribution in [1.29, 1.82) is 0 Å². The third-order valence-electron chi connectivity index (χ3n) is 6.93. The molecule has 2 aromatic carbocycles. The largest absolute Gasteiger partial charge is 0.456 e. The molecule has 1 N–H and O–H groups in total. The molecule has 1 fully saturated rings. The van der Waals surface area contributed by atoms with Gasteiger partial charge in [-0.1, -0.05) is 11.6 Å². The first-order valence-electron chi connectivity index (χ1n) is 12.3. The molecule has 1 aliphatic rings. The lowest BCUT2D eigenvalue weighted by Crippen LogP contribution is -2.38. The number of imidazole rings is 1. The van der Waals surface area contributed by atoms with Gasteiger partial charge >= 0.3 is 0 Å². The Labute approximate surface area is 225 Å². The smallest absolute Gasteiger partial charge is 0.148 e. The Balaban J connectivity index is 1.24. The molecule has 0 spiro atoms. The van der Waals surface area contributed by atoms with Crippen molar-refractivity contribution in [3.05, 3.63) is 59.8 Å². The quantitative estimate of drug-likeness (QED) is 0.313. The van der Waals surface area contributed by atoms with Crippen LogP contribution in [0.25, 0.3) is 33.3 Å². The van der Waals surface area contributed by atoms with Crippen molar-refractivity contribution in [1.82, 2.24) is 34.0 Å². The van der Waals surface area contributed by atoms with Crippen molar-refractivity contribution in [3.8, 4) is 22.8 Å². The van der Waals surface area contributed by atoms with Crippen molar-refractivity contribution >= 4 is 43.6 Å². The number of aromatic amines is 1. The van der Waals surface area contributed by atoms with Crippen LogP contribution in [0.15, 0.2) is 53.3 Å². The predicted octanol–water partition coefficient (Wildman–Crippen LogP) is 5.40. The van der Waals surface area contributed by atoms with E-state index in [2.05, 4.69) is 24.4 Å². The van der Waals surface area contributed by atoms with Crippen LogP contribution in [0, 0.1) is 6.92 Å². The molecule has 1 aliphatic heterocycles. The normalized spacial score (nSPS) is 16.6. The summed E-state index contributed by atoms with van der Waals surface area (Å²) in [6, 6.07) is 9.53. The second-order valence-corrected chi connectivity index (χ2v) is 12.2. The number of nitrogens with one attached hydrogen (secondary N) is 1. The predicted molar refractivity (Wildman–Crippen MR) is 149 cm³/mol. The number of benzene rings is 2. The minimum Gasteiger partial charge on any atom is -0.456 e. The molecule has 1 unspecified atom stereocenters. The Hall–Kier alpha value is -3.54. The van der Waals surface area contributed by atoms with E-state index in [1.165, 1.54) is 0 Å². The van der Waals surface area contributed by atoms with Crippen LogP contribution < -0.4 is 4.74 Å². The third-order valence-corrected chi connectivity index (χ3v) is 9.30. The lowest BCUT2D eigenvalue weighted by atomic mass is 10.1. The van der Waals surface area contributed by atoms with Crippen LogP contribution in [-0.4, -0.2) is 64.6 Å². The number of aromatic nitrogens is 6. The van der Waals surface area contributed by atoms with Crippen molar-refractivity contribution < 1.29 is 8.95 Å². The minimum atomic E-state index is -2.29. The molecule has 1 saturated heterocycles. The molecule has 0 bridgehead atoms. The zero-order valence-corrected chi connectivity index (χ0v) is 22.8. The number of nitrogens with zero attached hydrogens (tertiary/aromatic N) is 7. The standard InChI is InChI=1S/C26H27ClN8O2S/c1-16-31-20-5-4-19(12-22(20)32-16)37-24-7-6-21-26(25(24)27)33-23(14-29-21)17-13-30-35(15-17)18-8-10-34(11-9-18)38(3,36)28-2/h4-7,12-15,18H,8-11H2,1-3H3,(H,31,32). The van der Waals surface area contributed by atoms with Gasteiger partial charge in [-0.15, -0.1) is 0 Å². The third kappa shape index (κ3) is 4.61. The Kier molecular flexibility index (Phi) is 6.29. The van der Waals surface area contributed by atoms with Crippen LogP contribution in [0.4, 0.5) is 0 Å². The first-order valence-corrected chi connectivity index (χ1v) is 14.6. The van der Waals surface area contributed by atoms with Gasteiger partial charge in [-0.05, 0) is 44.0 Å². The number of ether oxygens (including phenoxy) is 1. The topological polar surface area (TPSA) is 114 Å². The molecule has 12 heteroatoms. The number of rotatable bonds is 5. The summed E-state index contributed by atoms with van der Waals surface area (Å²) in [5, 5.41) is 4.99. The van der Waals surface area contributed by atoms with Crippen LogP contribution in [0.2, 0.25) is 5.02 Å². The molecule has 196 valence electrons. The Morgan fingerprint density at radius 1 is 1.13 bits per heavy atom. The number of hydrogen-bond acceptors (Lipinski definition) is 7. The molecule has 0 amide bonds. The maximum atomic E-state index is 12.6. The van der Waals surface area contributed by atoms with E-state index in [-0.39, 0.29) is 6.04 Å². The average Bonchev–Trinajstić information content (AvgIpc) is 3.56. The Morgan fingerprint density at radius 2 is 1.92 bits per heavy atom. The molecular weight excluding hydrogens is 524 g/mol. The SMILES string of the molecule is CN=S(C)(=O)N1CCC(n2cc(-c3cnc4ccc(Oc5ccc6nc(C)[nH]c6c5)c(Cl)c4n3)cn2)CC1. The van der Waals surface area contributed by atoms with Gasteiger partial charge in [0.15, 0.2) is 0 Å². The maximum absolute atomic E-state index is 12.6. The molecule has 5 aromatic rings. The van der Waals surface area contributed by atoms with Crippen molar-refractivity contribution in [2.24, 2.45) is 4.36 Å². The zero-order chi connectivity index (χ0) is 26.4. The van der Waals surface area contributed by atoms with Gasteiger partial charge in [-0.3, -0.25) is 9.67 Å². The average molecular weight is 551 g/mol. The number of piperidine rings is 1. The van der Waals surface area contributed by atoms with Gasteiger partial charge in [0.05, 0.1) is 40.7 Å². The summed E-state index contributed by atoms with van der Waals surface area (Å²) in [5.41, 5.74) is 4.54. The van der Waals surface area contributed by atoms with E-state index in [9.17, 15) is 4.21 Å². The summed E-state index contributed by atoms with van der Waals surface area (Å²) in [4.78, 5) is 17.0. The van der Waals surface area contributed by atoms with Crippen molar-refractivity contribution in [2.45, 2.75) is 25.8 Å². The summed E-state index contributed by atoms with van der Waals surface area (Å²) in [6.07, 6.45) is 8.90. The molecule has 0 aliphatic carbocycles. The first-order chi connectivity index (χ1) is 18.3. The molecule has 10 nitrogen and oxygen atoms in total. The fourth-order valence-electron chi connectivity index (χ4n) is 4.78. The van der Waals surface area contributed by atoms with E-state index in [0.717, 1.165) is 35.3 Å². The van der Waals surface area contributed by atoms with Crippen molar-refractivity contribution in [3.63, 3.8) is 0 Å². The van der Waals surface area contributed by atoms with E-state index in [0.29, 0.717) is 46.3 Å². The highest BCUT2D eigenvalue weighted by molar-refractivity contribution is 7.90. The van der Waals surface area contributed by atoms with Gasteiger partial charge in [0.1, 0.15) is 37.8 Å². The highest BCUT2D eigenvalue weighted by Crippen LogP contribution is 2.36. The molecule has 4 heterocycles. The van der Waals surface area contributed by atoms with Gasteiger partial charge in [0, 0.05) is 44.2 Å². The van der Waals surface area contributed by atoms with E-state index < -0.39 is 9.92 Å². The number of hydrogen-bond donors (Lipinski definition) is 1. The lowest BCUT2D eigenvalue weighted by Gasteiger charge is -2.32. The first kappa shape index (κ1) is 24.8. The van der Waals surface area contributed by atoms with Gasteiger partial charge in [0.25, 0.3) is 0 Å². The van der Waals surface area contributed by atoms with E-state index in [1.54, 1.807) is 31.8 Å². The molecule has 0 saturated carbocycles. The minimum absolute atomic E-state index is 0.222. The van der Waals surface area contributed by atoms with Gasteiger partial charge in [-0.2, -0.15) is 5.10 Å². The van der Waals surface area contributed by atoms with Crippen molar-refractivity contribution in [2.75, 3.05) is 26.4 Å². The molecule has 0 radical (unpaired) electrons. The highest BCUT2D eigenvalue weighted by Gasteiger charge is 2.25. The lowest BCUT2D eigenvalue weighted by molar-refractivity contribution is 0.268. The summed E-state index contributed by atoms with van der Waals surface area (Å²) in [5.74, 6) is 1.98. The highest BCUT2D eigenvalue weighted by atomic mass is 35.5. The van der Waals surface area contributed by atoms with E-state index in [4.69, 9.17) is 21.3 Å². The molecular formula is C26H27ClN8O2S. The zero-order valence-electron chi connectivity index (χ0n) is 21.3. The Bertz CT molecular complexity index is 1780. The number of H-pyrrole nitrogens is 1. The summed E-state index contributed by atoms with van der Waals surface area (Å²) in [6.45, 7) is 3.35. The second kappa shape index (κ2) is 9.64. The number of halogens is 1. The second-order valence-electron chi connectivity index (χ2n) is 9.42. The van der Waals surface area contributed by atoms with Crippen LogP contribution >= 0.6 is 11.6 Å². The van der Waals surface area contributed by atoms with Gasteiger partial charge < -0.3 is 9.72 Å². The molecule has 38 heavy (non-hydrogen) atoms. The van der Waals surface area contributed by atoms with Gasteiger partial charge in [0.2, 0.25) is 0 Å². The number of fused-ring (bicyclic) bond motifs is 2. The maximum Gasteiger partial charge on any atom is 0.148 e. The van der Waals surface area contributed by atoms with Crippen LogP contribution in [0.3, 0.4) is 0 Å². The van der Waals surface area contributed by atoms with E-state index in [1.807, 2.05) is 46.4 Å². The van der Waals surface area contributed by atoms with Gasteiger partial charge in [-0.25, -0.2) is 22.8 Å². The van der Waals surface area contributed by atoms with Crippen LogP contribution in [0.1, 0.15) is 24.7 Å². The fraction of sp³-hybridized carbons (Fsp3) is 0.308. The number of aryl methyl sites for hydroxylation is 1.